The first-order chi connectivity index (χ1) is 11.2. The van der Waals surface area contributed by atoms with Crippen molar-refractivity contribution in [2.24, 2.45) is 5.41 Å². The van der Waals surface area contributed by atoms with Gasteiger partial charge in [0.25, 0.3) is 0 Å². The molecule has 4 heteroatoms. The molecule has 0 amide bonds. The van der Waals surface area contributed by atoms with E-state index in [4.69, 9.17) is 0 Å². The molecule has 0 fully saturated rings. The zero-order valence-corrected chi connectivity index (χ0v) is 15.2. The third-order valence-corrected chi connectivity index (χ3v) is 4.31. The first-order valence-corrected chi connectivity index (χ1v) is 8.47. The second-order valence-electron chi connectivity index (χ2n) is 8.43. The van der Waals surface area contributed by atoms with Gasteiger partial charge in [0.05, 0.1) is 5.52 Å². The highest BCUT2D eigenvalue weighted by Crippen LogP contribution is 2.28. The fourth-order valence-corrected chi connectivity index (χ4v) is 3.11. The lowest BCUT2D eigenvalue weighted by molar-refractivity contribution is 0.327. The first kappa shape index (κ1) is 16.6. The lowest BCUT2D eigenvalue weighted by Gasteiger charge is -2.25. The van der Waals surface area contributed by atoms with Crippen LogP contribution in [0.5, 0.6) is 0 Å². The van der Waals surface area contributed by atoms with Gasteiger partial charge in [0.1, 0.15) is 5.52 Å². The van der Waals surface area contributed by atoms with Crippen molar-refractivity contribution >= 4 is 11.0 Å². The van der Waals surface area contributed by atoms with Gasteiger partial charge in [0, 0.05) is 18.9 Å². The molecule has 0 aliphatic carbocycles. The van der Waals surface area contributed by atoms with Crippen molar-refractivity contribution in [3.05, 3.63) is 53.9 Å². The summed E-state index contributed by atoms with van der Waals surface area (Å²) in [5.74, 6) is 0. The number of benzene rings is 1. The Kier molecular flexibility index (Phi) is 4.16. The maximum Gasteiger partial charge on any atom is 0.113 e. The van der Waals surface area contributed by atoms with E-state index in [0.29, 0.717) is 0 Å². The second kappa shape index (κ2) is 6.00. The molecule has 2 heterocycles. The summed E-state index contributed by atoms with van der Waals surface area (Å²) < 4.78 is 2.01. The molecule has 3 rings (SSSR count). The molecule has 0 bridgehead atoms. The van der Waals surface area contributed by atoms with Crippen LogP contribution in [-0.4, -0.2) is 20.0 Å². The molecule has 0 unspecified atom stereocenters. The quantitative estimate of drug-likeness (QED) is 0.715. The molecule has 0 saturated carbocycles. The monoisotopic (exact) mass is 322 g/mol. The molecule has 2 aromatic heterocycles. The van der Waals surface area contributed by atoms with E-state index in [-0.39, 0.29) is 10.8 Å². The Labute approximate surface area is 143 Å². The topological polar surface area (TPSA) is 43.6 Å². The van der Waals surface area contributed by atoms with E-state index in [1.54, 1.807) is 0 Å². The number of fused-ring (bicyclic) bond motifs is 1. The molecule has 3 aromatic rings. The van der Waals surface area contributed by atoms with E-state index in [0.717, 1.165) is 24.0 Å². The van der Waals surface area contributed by atoms with Gasteiger partial charge in [-0.15, -0.1) is 5.10 Å². The Morgan fingerprint density at radius 3 is 2.33 bits per heavy atom. The Balaban J connectivity index is 1.87. The van der Waals surface area contributed by atoms with E-state index >= 15 is 0 Å². The number of nitrogens with zero attached hydrogens (tertiary/aromatic N) is 4. The standard InChI is InChI=1S/C20H26N4/c1-19(2,3)14-24-18-7-6-15(12-17(18)22-23-24)13-20(4,5)16-8-10-21-11-9-16/h6-12H,13-14H2,1-5H3. The molecule has 24 heavy (non-hydrogen) atoms. The zero-order chi connectivity index (χ0) is 17.4. The van der Waals surface area contributed by atoms with Crippen LogP contribution < -0.4 is 0 Å². The van der Waals surface area contributed by atoms with Crippen molar-refractivity contribution in [1.29, 1.82) is 0 Å². The van der Waals surface area contributed by atoms with E-state index in [1.165, 1.54) is 11.1 Å². The summed E-state index contributed by atoms with van der Waals surface area (Å²) in [5.41, 5.74) is 4.90. The maximum absolute atomic E-state index is 4.37. The Morgan fingerprint density at radius 1 is 0.958 bits per heavy atom. The van der Waals surface area contributed by atoms with E-state index in [9.17, 15) is 0 Å². The smallest absolute Gasteiger partial charge is 0.113 e. The van der Waals surface area contributed by atoms with Gasteiger partial charge in [-0.3, -0.25) is 4.98 Å². The van der Waals surface area contributed by atoms with Crippen LogP contribution in [0.4, 0.5) is 0 Å². The van der Waals surface area contributed by atoms with Crippen molar-refractivity contribution in [3.63, 3.8) is 0 Å². The molecule has 0 spiro atoms. The highest BCUT2D eigenvalue weighted by molar-refractivity contribution is 5.75. The Morgan fingerprint density at radius 2 is 1.67 bits per heavy atom. The van der Waals surface area contributed by atoms with Gasteiger partial charge in [-0.25, -0.2) is 4.68 Å². The summed E-state index contributed by atoms with van der Waals surface area (Å²) in [5, 5.41) is 8.70. The van der Waals surface area contributed by atoms with Gasteiger partial charge in [-0.1, -0.05) is 45.9 Å². The number of hydrogen-bond donors (Lipinski definition) is 0. The predicted molar refractivity (Wildman–Crippen MR) is 98.0 cm³/mol. The molecule has 0 aliphatic rings. The minimum absolute atomic E-state index is 0.0536. The van der Waals surface area contributed by atoms with Gasteiger partial charge in [-0.2, -0.15) is 0 Å². The summed E-state index contributed by atoms with van der Waals surface area (Å²) >= 11 is 0. The van der Waals surface area contributed by atoms with Crippen LogP contribution in [0, 0.1) is 5.41 Å². The zero-order valence-electron chi connectivity index (χ0n) is 15.2. The molecule has 126 valence electrons. The average molecular weight is 322 g/mol. The summed E-state index contributed by atoms with van der Waals surface area (Å²) in [7, 11) is 0. The molecule has 0 N–H and O–H groups in total. The molecular formula is C20H26N4. The largest absolute Gasteiger partial charge is 0.265 e. The van der Waals surface area contributed by atoms with Crippen LogP contribution in [0.25, 0.3) is 11.0 Å². The predicted octanol–water partition coefficient (Wildman–Crippen LogP) is 4.39. The Bertz CT molecular complexity index is 826. The second-order valence-corrected chi connectivity index (χ2v) is 8.43. The number of rotatable bonds is 4. The first-order valence-electron chi connectivity index (χ1n) is 8.47. The van der Waals surface area contributed by atoms with Gasteiger partial charge >= 0.3 is 0 Å². The van der Waals surface area contributed by atoms with Crippen LogP contribution in [0.1, 0.15) is 45.7 Å². The highest BCUT2D eigenvalue weighted by atomic mass is 15.4. The lowest BCUT2D eigenvalue weighted by atomic mass is 9.79. The van der Waals surface area contributed by atoms with Crippen molar-refractivity contribution < 1.29 is 0 Å². The fourth-order valence-electron chi connectivity index (χ4n) is 3.11. The molecule has 0 saturated heterocycles. The van der Waals surface area contributed by atoms with Crippen LogP contribution in [0.3, 0.4) is 0 Å². The normalized spacial score (nSPS) is 12.7. The van der Waals surface area contributed by atoms with Crippen LogP contribution in [-0.2, 0) is 18.4 Å². The third-order valence-electron chi connectivity index (χ3n) is 4.31. The molecular weight excluding hydrogens is 296 g/mol. The molecule has 0 aliphatic heterocycles. The van der Waals surface area contributed by atoms with Gasteiger partial charge in [-0.05, 0) is 52.6 Å². The minimum atomic E-state index is 0.0536. The maximum atomic E-state index is 4.37. The van der Waals surface area contributed by atoms with Gasteiger partial charge < -0.3 is 0 Å². The minimum Gasteiger partial charge on any atom is -0.265 e. The van der Waals surface area contributed by atoms with Crippen LogP contribution in [0.2, 0.25) is 0 Å². The molecule has 1 aromatic carbocycles. The van der Waals surface area contributed by atoms with E-state index in [2.05, 4.69) is 80.2 Å². The fraction of sp³-hybridized carbons (Fsp3) is 0.450. The van der Waals surface area contributed by atoms with Crippen molar-refractivity contribution in [1.82, 2.24) is 20.0 Å². The third kappa shape index (κ3) is 3.64. The number of hydrogen-bond acceptors (Lipinski definition) is 3. The molecule has 4 nitrogen and oxygen atoms in total. The summed E-state index contributed by atoms with van der Waals surface area (Å²) in [6.07, 6.45) is 4.68. The van der Waals surface area contributed by atoms with Crippen molar-refractivity contribution in [3.8, 4) is 0 Å². The van der Waals surface area contributed by atoms with Gasteiger partial charge in [0.2, 0.25) is 0 Å². The van der Waals surface area contributed by atoms with E-state index < -0.39 is 0 Å². The molecule has 0 atom stereocenters. The average Bonchev–Trinajstić information content (AvgIpc) is 2.88. The Hall–Kier alpha value is -2.23. The summed E-state index contributed by atoms with van der Waals surface area (Å²) in [6, 6.07) is 10.7. The van der Waals surface area contributed by atoms with Crippen LogP contribution >= 0.6 is 0 Å². The van der Waals surface area contributed by atoms with Gasteiger partial charge in [0.15, 0.2) is 0 Å². The summed E-state index contributed by atoms with van der Waals surface area (Å²) in [6.45, 7) is 12.0. The lowest BCUT2D eigenvalue weighted by Crippen LogP contribution is -2.20. The number of aromatic nitrogens is 4. The molecule has 0 radical (unpaired) electrons. The van der Waals surface area contributed by atoms with Crippen LogP contribution in [0.15, 0.2) is 42.7 Å². The SMILES string of the molecule is CC(C)(C)Cn1nnc2cc(CC(C)(C)c3ccncc3)ccc21. The highest BCUT2D eigenvalue weighted by Gasteiger charge is 2.22. The van der Waals surface area contributed by atoms with Crippen molar-refractivity contribution in [2.75, 3.05) is 0 Å². The number of pyridine rings is 1. The van der Waals surface area contributed by atoms with Crippen molar-refractivity contribution in [2.45, 2.75) is 53.0 Å². The van der Waals surface area contributed by atoms with E-state index in [1.807, 2.05) is 17.1 Å². The summed E-state index contributed by atoms with van der Waals surface area (Å²) in [4.78, 5) is 4.12.